The van der Waals surface area contributed by atoms with E-state index in [4.69, 9.17) is 5.73 Å². The number of anilines is 2. The molecule has 5 nitrogen and oxygen atoms in total. The predicted octanol–water partition coefficient (Wildman–Crippen LogP) is 4.00. The molecular formula is C18H17N3O2. The summed E-state index contributed by atoms with van der Waals surface area (Å²) < 4.78 is 0. The van der Waals surface area contributed by atoms with Gasteiger partial charge in [-0.25, -0.2) is 0 Å². The zero-order chi connectivity index (χ0) is 16.0. The van der Waals surface area contributed by atoms with Gasteiger partial charge < -0.3 is 11.1 Å². The number of rotatable bonds is 2. The van der Waals surface area contributed by atoms with Crippen LogP contribution in [0.25, 0.3) is 0 Å². The highest BCUT2D eigenvalue weighted by atomic mass is 16.6. The van der Waals surface area contributed by atoms with E-state index in [2.05, 4.69) is 17.5 Å². The summed E-state index contributed by atoms with van der Waals surface area (Å²) in [6.45, 7) is 0. The third-order valence-electron chi connectivity index (χ3n) is 4.85. The minimum absolute atomic E-state index is 0.124. The van der Waals surface area contributed by atoms with E-state index in [-0.39, 0.29) is 16.7 Å². The maximum absolute atomic E-state index is 10.8. The van der Waals surface area contributed by atoms with Crippen molar-refractivity contribution in [3.63, 3.8) is 0 Å². The molecular weight excluding hydrogens is 290 g/mol. The molecule has 5 heteroatoms. The van der Waals surface area contributed by atoms with E-state index in [1.165, 1.54) is 5.56 Å². The summed E-state index contributed by atoms with van der Waals surface area (Å²) >= 11 is 0. The van der Waals surface area contributed by atoms with Crippen molar-refractivity contribution >= 4 is 17.1 Å². The molecule has 0 saturated carbocycles. The Morgan fingerprint density at radius 2 is 1.96 bits per heavy atom. The number of hydrogen-bond acceptors (Lipinski definition) is 4. The van der Waals surface area contributed by atoms with Crippen LogP contribution in [0.2, 0.25) is 0 Å². The number of non-ortho nitro benzene ring substituents is 1. The fraction of sp³-hybridized carbons (Fsp3) is 0.222. The number of allylic oxidation sites excluding steroid dienone is 2. The number of hydrogen-bond donors (Lipinski definition) is 2. The molecule has 2 aromatic rings. The van der Waals surface area contributed by atoms with Gasteiger partial charge in [0.2, 0.25) is 0 Å². The molecule has 3 N–H and O–H groups in total. The molecule has 2 aromatic carbocycles. The fourth-order valence-electron chi connectivity index (χ4n) is 3.75. The van der Waals surface area contributed by atoms with E-state index < -0.39 is 0 Å². The lowest BCUT2D eigenvalue weighted by molar-refractivity contribution is -0.384. The van der Waals surface area contributed by atoms with Crippen LogP contribution in [0.3, 0.4) is 0 Å². The number of nitrogens with zero attached hydrogens (tertiary/aromatic N) is 1. The van der Waals surface area contributed by atoms with E-state index >= 15 is 0 Å². The van der Waals surface area contributed by atoms with Crippen LogP contribution >= 0.6 is 0 Å². The molecule has 3 atom stereocenters. The van der Waals surface area contributed by atoms with Crippen LogP contribution in [0.15, 0.2) is 54.6 Å². The molecule has 23 heavy (non-hydrogen) atoms. The normalized spacial score (nSPS) is 24.6. The SMILES string of the molecule is Nc1ccc2c(c1)[C@H]1C=CC[C@H]1[C@@H](c1ccc([N+](=O)[O-])cc1)N2. The minimum atomic E-state index is -0.365. The van der Waals surface area contributed by atoms with Gasteiger partial charge in [0.25, 0.3) is 5.69 Å². The monoisotopic (exact) mass is 307 g/mol. The molecule has 1 heterocycles. The van der Waals surface area contributed by atoms with E-state index in [1.807, 2.05) is 30.3 Å². The van der Waals surface area contributed by atoms with Crippen LogP contribution < -0.4 is 11.1 Å². The Morgan fingerprint density at radius 3 is 2.70 bits per heavy atom. The van der Waals surface area contributed by atoms with Gasteiger partial charge in [0.1, 0.15) is 0 Å². The van der Waals surface area contributed by atoms with E-state index in [0.717, 1.165) is 23.4 Å². The van der Waals surface area contributed by atoms with Crippen LogP contribution in [0.4, 0.5) is 17.1 Å². The van der Waals surface area contributed by atoms with E-state index in [1.54, 1.807) is 12.1 Å². The van der Waals surface area contributed by atoms with Gasteiger partial charge in [0.15, 0.2) is 0 Å². The Hall–Kier alpha value is -2.82. The molecule has 4 rings (SSSR count). The molecule has 1 aliphatic heterocycles. The lowest BCUT2D eigenvalue weighted by Gasteiger charge is -2.37. The highest BCUT2D eigenvalue weighted by Crippen LogP contribution is 2.50. The Kier molecular flexibility index (Phi) is 3.08. The first-order valence-electron chi connectivity index (χ1n) is 7.70. The summed E-state index contributed by atoms with van der Waals surface area (Å²) in [7, 11) is 0. The number of nitro groups is 1. The zero-order valence-electron chi connectivity index (χ0n) is 12.5. The van der Waals surface area contributed by atoms with Crippen molar-refractivity contribution in [3.8, 4) is 0 Å². The minimum Gasteiger partial charge on any atom is -0.399 e. The van der Waals surface area contributed by atoms with Gasteiger partial charge in [-0.05, 0) is 41.7 Å². The number of nitrogen functional groups attached to an aromatic ring is 1. The molecule has 0 amide bonds. The maximum Gasteiger partial charge on any atom is 0.269 e. The van der Waals surface area contributed by atoms with Gasteiger partial charge in [0.05, 0.1) is 11.0 Å². The van der Waals surface area contributed by atoms with Crippen LogP contribution in [0.5, 0.6) is 0 Å². The van der Waals surface area contributed by atoms with Crippen molar-refractivity contribution in [3.05, 3.63) is 75.9 Å². The highest BCUT2D eigenvalue weighted by molar-refractivity contribution is 5.64. The van der Waals surface area contributed by atoms with Gasteiger partial charge in [-0.1, -0.05) is 24.3 Å². The third-order valence-corrected chi connectivity index (χ3v) is 4.85. The number of benzene rings is 2. The van der Waals surface area contributed by atoms with Crippen LogP contribution in [0.1, 0.15) is 29.5 Å². The molecule has 0 radical (unpaired) electrons. The number of nitro benzene ring substituents is 1. The lowest BCUT2D eigenvalue weighted by Crippen LogP contribution is -2.29. The van der Waals surface area contributed by atoms with Crippen LogP contribution in [0, 0.1) is 16.0 Å². The lowest BCUT2D eigenvalue weighted by atomic mass is 9.77. The Balaban J connectivity index is 1.73. The van der Waals surface area contributed by atoms with Gasteiger partial charge in [-0.2, -0.15) is 0 Å². The standard InChI is InChI=1S/C18H17N3O2/c19-12-6-9-17-16(10-12)14-2-1-3-15(14)18(20-17)11-4-7-13(8-5-11)21(22)23/h1-2,4-10,14-15,18,20H,3,19H2/t14-,15+,18+/m0/s1. The first-order valence-corrected chi connectivity index (χ1v) is 7.70. The summed E-state index contributed by atoms with van der Waals surface area (Å²) in [6.07, 6.45) is 5.46. The Labute approximate surface area is 134 Å². The second kappa shape index (κ2) is 5.12. The zero-order valence-corrected chi connectivity index (χ0v) is 12.5. The predicted molar refractivity (Wildman–Crippen MR) is 90.3 cm³/mol. The first kappa shape index (κ1) is 13.8. The summed E-state index contributed by atoms with van der Waals surface area (Å²) in [6, 6.07) is 13.0. The van der Waals surface area contributed by atoms with Crippen LogP contribution in [-0.4, -0.2) is 4.92 Å². The summed E-state index contributed by atoms with van der Waals surface area (Å²) in [5, 5.41) is 14.4. The fourth-order valence-corrected chi connectivity index (χ4v) is 3.75. The van der Waals surface area contributed by atoms with Gasteiger partial charge >= 0.3 is 0 Å². The van der Waals surface area contributed by atoms with Crippen LogP contribution in [-0.2, 0) is 0 Å². The largest absolute Gasteiger partial charge is 0.399 e. The highest BCUT2D eigenvalue weighted by Gasteiger charge is 2.37. The summed E-state index contributed by atoms with van der Waals surface area (Å²) in [5.41, 5.74) is 10.3. The number of fused-ring (bicyclic) bond motifs is 3. The summed E-state index contributed by atoms with van der Waals surface area (Å²) in [4.78, 5) is 10.5. The Morgan fingerprint density at radius 1 is 1.17 bits per heavy atom. The second-order valence-corrected chi connectivity index (χ2v) is 6.17. The molecule has 116 valence electrons. The van der Waals surface area contributed by atoms with Crippen molar-refractivity contribution in [2.75, 3.05) is 11.1 Å². The van der Waals surface area contributed by atoms with E-state index in [9.17, 15) is 10.1 Å². The van der Waals surface area contributed by atoms with Gasteiger partial charge in [0, 0.05) is 29.4 Å². The Bertz CT molecular complexity index is 798. The van der Waals surface area contributed by atoms with Gasteiger partial charge in [-0.15, -0.1) is 0 Å². The van der Waals surface area contributed by atoms with Crippen molar-refractivity contribution < 1.29 is 4.92 Å². The summed E-state index contributed by atoms with van der Waals surface area (Å²) in [5.74, 6) is 0.751. The van der Waals surface area contributed by atoms with Crippen molar-refractivity contribution in [1.82, 2.24) is 0 Å². The quantitative estimate of drug-likeness (QED) is 0.380. The number of nitrogens with two attached hydrogens (primary N) is 1. The number of nitrogens with one attached hydrogen (secondary N) is 1. The first-order chi connectivity index (χ1) is 11.1. The van der Waals surface area contributed by atoms with Gasteiger partial charge in [-0.3, -0.25) is 10.1 Å². The molecule has 0 unspecified atom stereocenters. The molecule has 1 aliphatic carbocycles. The maximum atomic E-state index is 10.8. The van der Waals surface area contributed by atoms with Crippen molar-refractivity contribution in [2.24, 2.45) is 5.92 Å². The molecule has 0 spiro atoms. The molecule has 0 saturated heterocycles. The second-order valence-electron chi connectivity index (χ2n) is 6.17. The molecule has 2 aliphatic rings. The molecule has 0 fully saturated rings. The van der Waals surface area contributed by atoms with E-state index in [0.29, 0.717) is 11.8 Å². The smallest absolute Gasteiger partial charge is 0.269 e. The average molecular weight is 307 g/mol. The third kappa shape index (κ3) is 2.25. The molecule has 0 bridgehead atoms. The average Bonchev–Trinajstić information content (AvgIpc) is 3.04. The topological polar surface area (TPSA) is 81.2 Å². The molecule has 0 aromatic heterocycles. The van der Waals surface area contributed by atoms with Crippen molar-refractivity contribution in [2.45, 2.75) is 18.4 Å². The van der Waals surface area contributed by atoms with Crippen molar-refractivity contribution in [1.29, 1.82) is 0 Å².